The molecule has 0 saturated heterocycles. The molecule has 8 nitrogen and oxygen atoms in total. The molecule has 0 fully saturated rings. The lowest BCUT2D eigenvalue weighted by molar-refractivity contribution is -0.384. The zero-order valence-corrected chi connectivity index (χ0v) is 12.9. The summed E-state index contributed by atoms with van der Waals surface area (Å²) in [5, 5.41) is 16.9. The van der Waals surface area contributed by atoms with Crippen molar-refractivity contribution in [2.45, 2.75) is 0 Å². The first-order valence-electron chi connectivity index (χ1n) is 6.61. The van der Waals surface area contributed by atoms with Crippen molar-refractivity contribution in [1.82, 2.24) is 5.43 Å². The lowest BCUT2D eigenvalue weighted by Crippen LogP contribution is -2.32. The van der Waals surface area contributed by atoms with Crippen molar-refractivity contribution in [3.05, 3.63) is 69.2 Å². The van der Waals surface area contributed by atoms with E-state index in [1.165, 1.54) is 24.4 Å². The van der Waals surface area contributed by atoms with Crippen LogP contribution in [0.3, 0.4) is 0 Å². The highest BCUT2D eigenvalue weighted by Gasteiger charge is 2.14. The van der Waals surface area contributed by atoms with Crippen LogP contribution in [-0.2, 0) is 9.59 Å². The van der Waals surface area contributed by atoms with Gasteiger partial charge in [0.05, 0.1) is 21.8 Å². The second kappa shape index (κ2) is 7.84. The van der Waals surface area contributed by atoms with Crippen molar-refractivity contribution in [3.8, 4) is 0 Å². The predicted molar refractivity (Wildman–Crippen MR) is 88.9 cm³/mol. The number of benzene rings is 2. The summed E-state index contributed by atoms with van der Waals surface area (Å²) in [7, 11) is 0. The normalized spacial score (nSPS) is 10.4. The van der Waals surface area contributed by atoms with E-state index in [9.17, 15) is 19.7 Å². The Morgan fingerprint density at radius 2 is 1.88 bits per heavy atom. The number of anilines is 1. The van der Waals surface area contributed by atoms with Gasteiger partial charge in [-0.15, -0.1) is 0 Å². The Balaban J connectivity index is 1.95. The highest BCUT2D eigenvalue weighted by molar-refractivity contribution is 6.41. The number of para-hydroxylation sites is 1. The van der Waals surface area contributed by atoms with Crippen LogP contribution in [0, 0.1) is 10.1 Å². The standard InChI is InChI=1S/C15H11ClN4O4/c16-12-6-1-2-7-13(12)18-14(21)15(22)19-17-9-10-4-3-5-11(8-10)20(23)24/h1-9H,(H,18,21)(H,19,22). The van der Waals surface area contributed by atoms with Gasteiger partial charge in [0.25, 0.3) is 5.69 Å². The van der Waals surface area contributed by atoms with E-state index in [1.54, 1.807) is 30.3 Å². The van der Waals surface area contributed by atoms with Crippen LogP contribution in [0.1, 0.15) is 5.56 Å². The SMILES string of the molecule is O=C(NN=Cc1cccc([N+](=O)[O-])c1)C(=O)Nc1ccccc1Cl. The monoisotopic (exact) mass is 346 g/mol. The number of carbonyl (C=O) groups excluding carboxylic acids is 2. The average Bonchev–Trinajstić information content (AvgIpc) is 2.57. The van der Waals surface area contributed by atoms with E-state index in [-0.39, 0.29) is 5.69 Å². The van der Waals surface area contributed by atoms with Gasteiger partial charge in [0.2, 0.25) is 0 Å². The number of nitrogens with zero attached hydrogens (tertiary/aromatic N) is 2. The first-order valence-corrected chi connectivity index (χ1v) is 6.98. The molecule has 0 aliphatic heterocycles. The Hall–Kier alpha value is -3.26. The molecule has 0 atom stereocenters. The second-order valence-corrected chi connectivity index (χ2v) is 4.89. The van der Waals surface area contributed by atoms with Crippen molar-refractivity contribution in [2.75, 3.05) is 5.32 Å². The minimum absolute atomic E-state index is 0.110. The van der Waals surface area contributed by atoms with Gasteiger partial charge in [-0.1, -0.05) is 35.9 Å². The largest absolute Gasteiger partial charge is 0.329 e. The maximum Gasteiger partial charge on any atom is 0.329 e. The number of amides is 2. The maximum absolute atomic E-state index is 11.7. The predicted octanol–water partition coefficient (Wildman–Crippen LogP) is 2.34. The van der Waals surface area contributed by atoms with Crippen LogP contribution in [0.5, 0.6) is 0 Å². The van der Waals surface area contributed by atoms with Gasteiger partial charge in [-0.05, 0) is 12.1 Å². The van der Waals surface area contributed by atoms with Crippen molar-refractivity contribution < 1.29 is 14.5 Å². The molecule has 0 aliphatic rings. The summed E-state index contributed by atoms with van der Waals surface area (Å²) in [6.45, 7) is 0. The molecule has 2 rings (SSSR count). The number of halogens is 1. The quantitative estimate of drug-likeness (QED) is 0.382. The topological polar surface area (TPSA) is 114 Å². The molecule has 2 aromatic carbocycles. The fraction of sp³-hybridized carbons (Fsp3) is 0. The van der Waals surface area contributed by atoms with E-state index in [0.29, 0.717) is 16.3 Å². The van der Waals surface area contributed by atoms with Crippen LogP contribution in [0.15, 0.2) is 53.6 Å². The minimum Gasteiger partial charge on any atom is -0.316 e. The summed E-state index contributed by atoms with van der Waals surface area (Å²) in [5.74, 6) is -1.95. The molecule has 2 N–H and O–H groups in total. The van der Waals surface area contributed by atoms with Crippen LogP contribution >= 0.6 is 11.6 Å². The molecule has 2 aromatic rings. The third kappa shape index (κ3) is 4.62. The van der Waals surface area contributed by atoms with Gasteiger partial charge in [0, 0.05) is 17.7 Å². The summed E-state index contributed by atoms with van der Waals surface area (Å²) >= 11 is 5.87. The van der Waals surface area contributed by atoms with Crippen molar-refractivity contribution in [1.29, 1.82) is 0 Å². The fourth-order valence-electron chi connectivity index (χ4n) is 1.68. The van der Waals surface area contributed by atoms with Crippen LogP contribution in [0.4, 0.5) is 11.4 Å². The van der Waals surface area contributed by atoms with Gasteiger partial charge in [0.15, 0.2) is 0 Å². The number of nitro groups is 1. The molecule has 0 spiro atoms. The molecule has 0 heterocycles. The molecule has 122 valence electrons. The van der Waals surface area contributed by atoms with Crippen LogP contribution in [0.25, 0.3) is 0 Å². The molecule has 24 heavy (non-hydrogen) atoms. The molecule has 0 saturated carbocycles. The van der Waals surface area contributed by atoms with Crippen LogP contribution in [-0.4, -0.2) is 23.0 Å². The highest BCUT2D eigenvalue weighted by atomic mass is 35.5. The van der Waals surface area contributed by atoms with Gasteiger partial charge < -0.3 is 5.32 Å². The number of rotatable bonds is 4. The Morgan fingerprint density at radius 3 is 2.58 bits per heavy atom. The molecular formula is C15H11ClN4O4. The maximum atomic E-state index is 11.7. The summed E-state index contributed by atoms with van der Waals surface area (Å²) in [6.07, 6.45) is 1.19. The van der Waals surface area contributed by atoms with E-state index >= 15 is 0 Å². The third-order valence-corrected chi connectivity index (χ3v) is 3.12. The van der Waals surface area contributed by atoms with E-state index in [2.05, 4.69) is 10.4 Å². The zero-order valence-electron chi connectivity index (χ0n) is 12.1. The van der Waals surface area contributed by atoms with E-state index in [4.69, 9.17) is 11.6 Å². The van der Waals surface area contributed by atoms with E-state index < -0.39 is 16.7 Å². The van der Waals surface area contributed by atoms with Gasteiger partial charge >= 0.3 is 11.8 Å². The average molecular weight is 347 g/mol. The molecular weight excluding hydrogens is 336 g/mol. The van der Waals surface area contributed by atoms with Gasteiger partial charge in [-0.3, -0.25) is 19.7 Å². The number of hydrogen-bond donors (Lipinski definition) is 2. The number of nitro benzene ring substituents is 1. The van der Waals surface area contributed by atoms with Gasteiger partial charge in [-0.25, -0.2) is 5.43 Å². The molecule has 9 heteroatoms. The number of non-ortho nitro benzene ring substituents is 1. The Kier molecular flexibility index (Phi) is 5.58. The van der Waals surface area contributed by atoms with Crippen molar-refractivity contribution in [3.63, 3.8) is 0 Å². The van der Waals surface area contributed by atoms with Gasteiger partial charge in [0.1, 0.15) is 0 Å². The first kappa shape index (κ1) is 17.1. The number of hydrogen-bond acceptors (Lipinski definition) is 5. The summed E-state index contributed by atoms with van der Waals surface area (Å²) < 4.78 is 0. The minimum atomic E-state index is -1.00. The Morgan fingerprint density at radius 1 is 1.12 bits per heavy atom. The summed E-state index contributed by atoms with van der Waals surface area (Å²) in [6, 6.07) is 12.1. The Bertz CT molecular complexity index is 823. The number of hydrazone groups is 1. The second-order valence-electron chi connectivity index (χ2n) is 4.49. The molecule has 0 unspecified atom stereocenters. The zero-order chi connectivity index (χ0) is 17.5. The molecule has 2 amide bonds. The highest BCUT2D eigenvalue weighted by Crippen LogP contribution is 2.20. The lowest BCUT2D eigenvalue weighted by Gasteiger charge is -2.05. The molecule has 0 aromatic heterocycles. The van der Waals surface area contributed by atoms with Crippen molar-refractivity contribution in [2.24, 2.45) is 5.10 Å². The third-order valence-electron chi connectivity index (χ3n) is 2.79. The van der Waals surface area contributed by atoms with Crippen LogP contribution in [0.2, 0.25) is 5.02 Å². The molecule has 0 bridgehead atoms. The lowest BCUT2D eigenvalue weighted by atomic mass is 10.2. The Labute approximate surface area is 141 Å². The van der Waals surface area contributed by atoms with E-state index in [0.717, 1.165) is 0 Å². The summed E-state index contributed by atoms with van der Waals surface area (Å²) in [4.78, 5) is 33.4. The van der Waals surface area contributed by atoms with Crippen LogP contribution < -0.4 is 10.7 Å². The first-order chi connectivity index (χ1) is 11.5. The molecule has 0 aliphatic carbocycles. The number of carbonyl (C=O) groups is 2. The smallest absolute Gasteiger partial charge is 0.316 e. The molecule has 0 radical (unpaired) electrons. The van der Waals surface area contributed by atoms with Crippen molar-refractivity contribution >= 4 is 41.0 Å². The number of nitrogens with one attached hydrogen (secondary N) is 2. The van der Waals surface area contributed by atoms with Gasteiger partial charge in [-0.2, -0.15) is 5.10 Å². The van der Waals surface area contributed by atoms with E-state index in [1.807, 2.05) is 5.43 Å². The fourth-order valence-corrected chi connectivity index (χ4v) is 1.86. The summed E-state index contributed by atoms with van der Waals surface area (Å²) in [5.41, 5.74) is 2.61.